The molecule has 2 aliphatic heterocycles. The molecule has 2 atom stereocenters. The van der Waals surface area contributed by atoms with E-state index in [-0.39, 0.29) is 0 Å². The molecule has 2 aliphatic rings. The van der Waals surface area contributed by atoms with Crippen LogP contribution in [0.3, 0.4) is 0 Å². The molecule has 0 radical (unpaired) electrons. The van der Waals surface area contributed by atoms with E-state index in [9.17, 15) is 0 Å². The summed E-state index contributed by atoms with van der Waals surface area (Å²) >= 11 is 3.46. The van der Waals surface area contributed by atoms with Gasteiger partial charge in [0.2, 0.25) is 5.95 Å². The predicted octanol–water partition coefficient (Wildman–Crippen LogP) is 1.86. The van der Waals surface area contributed by atoms with Crippen LogP contribution in [0.2, 0.25) is 0 Å². The molecule has 5 nitrogen and oxygen atoms in total. The Labute approximate surface area is 115 Å². The fourth-order valence-electron chi connectivity index (χ4n) is 3.03. The molecular weight excluding hydrogens is 294 g/mol. The maximum atomic E-state index is 5.63. The molecule has 2 unspecified atom stereocenters. The van der Waals surface area contributed by atoms with Gasteiger partial charge in [0.1, 0.15) is 5.82 Å². The maximum absolute atomic E-state index is 5.63. The fraction of sp³-hybridized carbons (Fsp3) is 0.667. The molecule has 6 heteroatoms. The molecule has 0 spiro atoms. The molecule has 2 saturated heterocycles. The minimum atomic E-state index is 0.319. The van der Waals surface area contributed by atoms with Gasteiger partial charge >= 0.3 is 0 Å². The highest BCUT2D eigenvalue weighted by Crippen LogP contribution is 2.29. The highest BCUT2D eigenvalue weighted by atomic mass is 79.9. The van der Waals surface area contributed by atoms with Gasteiger partial charge in [-0.1, -0.05) is 0 Å². The third kappa shape index (κ3) is 2.44. The van der Waals surface area contributed by atoms with E-state index in [0.717, 1.165) is 16.3 Å². The summed E-state index contributed by atoms with van der Waals surface area (Å²) in [6.07, 6.45) is 6.77. The number of fused-ring (bicyclic) bond motifs is 1. The van der Waals surface area contributed by atoms with Crippen molar-refractivity contribution in [1.82, 2.24) is 14.9 Å². The fourth-order valence-corrected chi connectivity index (χ4v) is 3.34. The summed E-state index contributed by atoms with van der Waals surface area (Å²) in [5.41, 5.74) is 5.63. The normalized spacial score (nSPS) is 28.1. The van der Waals surface area contributed by atoms with Crippen LogP contribution in [0.15, 0.2) is 10.7 Å². The number of rotatable bonds is 2. The zero-order chi connectivity index (χ0) is 12.5. The summed E-state index contributed by atoms with van der Waals surface area (Å²) in [5, 5.41) is 3.50. The number of nitrogen functional groups attached to an aromatic ring is 1. The average molecular weight is 312 g/mol. The summed E-state index contributed by atoms with van der Waals surface area (Å²) < 4.78 is 0.880. The van der Waals surface area contributed by atoms with Crippen LogP contribution in [0.1, 0.15) is 25.7 Å². The molecule has 18 heavy (non-hydrogen) atoms. The van der Waals surface area contributed by atoms with Crippen molar-refractivity contribution in [3.63, 3.8) is 0 Å². The van der Waals surface area contributed by atoms with Gasteiger partial charge in [-0.2, -0.15) is 4.98 Å². The lowest BCUT2D eigenvalue weighted by Gasteiger charge is -2.35. The first kappa shape index (κ1) is 12.2. The van der Waals surface area contributed by atoms with E-state index in [2.05, 4.69) is 36.1 Å². The summed E-state index contributed by atoms with van der Waals surface area (Å²) in [7, 11) is 0. The Morgan fingerprint density at radius 2 is 2.28 bits per heavy atom. The standard InChI is InChI=1S/C12H18BrN5/c13-10-7-15-12(14)17-11(10)16-8-3-5-18-4-1-2-9(18)6-8/h7-9H,1-6H2,(H3,14,15,16,17). The van der Waals surface area contributed by atoms with Gasteiger partial charge in [0, 0.05) is 24.8 Å². The molecule has 1 aromatic rings. The van der Waals surface area contributed by atoms with Crippen molar-refractivity contribution < 1.29 is 0 Å². The second-order valence-corrected chi connectivity index (χ2v) is 5.98. The van der Waals surface area contributed by atoms with E-state index >= 15 is 0 Å². The summed E-state index contributed by atoms with van der Waals surface area (Å²) in [6, 6.07) is 1.25. The van der Waals surface area contributed by atoms with E-state index in [0.29, 0.717) is 12.0 Å². The first-order valence-corrected chi connectivity index (χ1v) is 7.30. The number of nitrogens with zero attached hydrogens (tertiary/aromatic N) is 3. The summed E-state index contributed by atoms with van der Waals surface area (Å²) in [4.78, 5) is 10.8. The second-order valence-electron chi connectivity index (χ2n) is 5.12. The first-order chi connectivity index (χ1) is 8.72. The number of nitrogens with one attached hydrogen (secondary N) is 1. The van der Waals surface area contributed by atoms with Crippen molar-refractivity contribution >= 4 is 27.7 Å². The van der Waals surface area contributed by atoms with Crippen molar-refractivity contribution in [3.05, 3.63) is 10.7 Å². The molecule has 0 bridgehead atoms. The Kier molecular flexibility index (Phi) is 3.39. The second kappa shape index (κ2) is 5.01. The predicted molar refractivity (Wildman–Crippen MR) is 75.4 cm³/mol. The number of halogens is 1. The minimum Gasteiger partial charge on any atom is -0.368 e. The van der Waals surface area contributed by atoms with Gasteiger partial charge in [0.25, 0.3) is 0 Å². The largest absolute Gasteiger partial charge is 0.368 e. The molecule has 2 fully saturated rings. The quantitative estimate of drug-likeness (QED) is 0.872. The van der Waals surface area contributed by atoms with Crippen molar-refractivity contribution in [3.8, 4) is 0 Å². The third-order valence-electron chi connectivity index (χ3n) is 3.92. The van der Waals surface area contributed by atoms with Gasteiger partial charge in [0.05, 0.1) is 4.47 Å². The maximum Gasteiger partial charge on any atom is 0.221 e. The lowest BCUT2D eigenvalue weighted by Crippen LogP contribution is -2.42. The van der Waals surface area contributed by atoms with Crippen LogP contribution in [0.4, 0.5) is 11.8 Å². The Bertz CT molecular complexity index is 438. The van der Waals surface area contributed by atoms with Crippen molar-refractivity contribution in [2.45, 2.75) is 37.8 Å². The van der Waals surface area contributed by atoms with Crippen LogP contribution in [-0.2, 0) is 0 Å². The molecular formula is C12H18BrN5. The van der Waals surface area contributed by atoms with Gasteiger partial charge < -0.3 is 16.0 Å². The van der Waals surface area contributed by atoms with Gasteiger partial charge in [-0.25, -0.2) is 4.98 Å². The SMILES string of the molecule is Nc1ncc(Br)c(NC2CCN3CCCC3C2)n1. The van der Waals surface area contributed by atoms with Crippen LogP contribution < -0.4 is 11.1 Å². The van der Waals surface area contributed by atoms with Gasteiger partial charge in [0.15, 0.2) is 0 Å². The molecule has 0 aliphatic carbocycles. The minimum absolute atomic E-state index is 0.319. The van der Waals surface area contributed by atoms with Crippen LogP contribution in [0.25, 0.3) is 0 Å². The molecule has 0 aromatic carbocycles. The van der Waals surface area contributed by atoms with E-state index in [1.807, 2.05) is 0 Å². The molecule has 3 rings (SSSR count). The molecule has 3 N–H and O–H groups in total. The first-order valence-electron chi connectivity index (χ1n) is 6.51. The smallest absolute Gasteiger partial charge is 0.221 e. The molecule has 98 valence electrons. The Balaban J connectivity index is 1.67. The van der Waals surface area contributed by atoms with Gasteiger partial charge in [-0.3, -0.25) is 0 Å². The lowest BCUT2D eigenvalue weighted by atomic mass is 9.98. The lowest BCUT2D eigenvalue weighted by molar-refractivity contribution is 0.188. The number of aromatic nitrogens is 2. The molecule has 3 heterocycles. The van der Waals surface area contributed by atoms with Crippen molar-refractivity contribution in [1.29, 1.82) is 0 Å². The van der Waals surface area contributed by atoms with E-state index < -0.39 is 0 Å². The van der Waals surface area contributed by atoms with Crippen LogP contribution in [0, 0.1) is 0 Å². The molecule has 0 amide bonds. The number of nitrogens with two attached hydrogens (primary N) is 1. The van der Waals surface area contributed by atoms with E-state index in [4.69, 9.17) is 5.73 Å². The van der Waals surface area contributed by atoms with Crippen molar-refractivity contribution in [2.24, 2.45) is 0 Å². The van der Waals surface area contributed by atoms with Crippen LogP contribution in [0.5, 0.6) is 0 Å². The van der Waals surface area contributed by atoms with E-state index in [1.165, 1.54) is 38.8 Å². The summed E-state index contributed by atoms with van der Waals surface area (Å²) in [6.45, 7) is 2.47. The Morgan fingerprint density at radius 1 is 1.39 bits per heavy atom. The molecule has 1 aromatic heterocycles. The zero-order valence-electron chi connectivity index (χ0n) is 10.3. The number of hydrogen-bond acceptors (Lipinski definition) is 5. The van der Waals surface area contributed by atoms with Crippen molar-refractivity contribution in [2.75, 3.05) is 24.1 Å². The van der Waals surface area contributed by atoms with Gasteiger partial charge in [-0.15, -0.1) is 0 Å². The van der Waals surface area contributed by atoms with Gasteiger partial charge in [-0.05, 0) is 48.2 Å². The zero-order valence-corrected chi connectivity index (χ0v) is 11.9. The number of hydrogen-bond donors (Lipinski definition) is 2. The summed E-state index contributed by atoms with van der Waals surface area (Å²) in [5.74, 6) is 1.14. The van der Waals surface area contributed by atoms with Crippen LogP contribution in [-0.4, -0.2) is 40.0 Å². The highest BCUT2D eigenvalue weighted by molar-refractivity contribution is 9.10. The topological polar surface area (TPSA) is 67.1 Å². The number of anilines is 2. The highest BCUT2D eigenvalue weighted by Gasteiger charge is 2.31. The third-order valence-corrected chi connectivity index (χ3v) is 4.50. The van der Waals surface area contributed by atoms with E-state index in [1.54, 1.807) is 6.20 Å². The number of piperidine rings is 1. The Morgan fingerprint density at radius 3 is 3.17 bits per heavy atom. The Hall–Kier alpha value is -0.880. The molecule has 0 saturated carbocycles. The monoisotopic (exact) mass is 311 g/mol. The van der Waals surface area contributed by atoms with Crippen LogP contribution >= 0.6 is 15.9 Å². The average Bonchev–Trinajstić information content (AvgIpc) is 2.81.